The lowest BCUT2D eigenvalue weighted by Gasteiger charge is -2.31. The lowest BCUT2D eigenvalue weighted by Crippen LogP contribution is -2.37. The molecule has 1 atom stereocenters. The minimum atomic E-state index is -4.72. The fourth-order valence-electron chi connectivity index (χ4n) is 6.84. The summed E-state index contributed by atoms with van der Waals surface area (Å²) in [7, 11) is -1.30. The van der Waals surface area contributed by atoms with Crippen LogP contribution < -0.4 is 10.9 Å². The predicted molar refractivity (Wildman–Crippen MR) is 181 cm³/mol. The van der Waals surface area contributed by atoms with E-state index in [-0.39, 0.29) is 48.1 Å². The Morgan fingerprint density at radius 2 is 1.67 bits per heavy atom. The van der Waals surface area contributed by atoms with Crippen LogP contribution >= 0.6 is 0 Å². The van der Waals surface area contributed by atoms with E-state index < -0.39 is 27.3 Å². The molecule has 2 saturated heterocycles. The Morgan fingerprint density at radius 3 is 2.33 bits per heavy atom. The molecular formula is C35H39F3N6O4S. The number of pyridine rings is 1. The topological polar surface area (TPSA) is 110 Å². The molecule has 2 aromatic carbocycles. The smallest absolute Gasteiger partial charge is 0.371 e. The summed E-state index contributed by atoms with van der Waals surface area (Å²) in [5.41, 5.74) is 0.961. The van der Waals surface area contributed by atoms with Crippen LogP contribution in [0.1, 0.15) is 54.4 Å². The van der Waals surface area contributed by atoms with Crippen molar-refractivity contribution in [1.82, 2.24) is 23.7 Å². The summed E-state index contributed by atoms with van der Waals surface area (Å²) >= 11 is 0. The molecule has 3 aliphatic rings. The van der Waals surface area contributed by atoms with Crippen molar-refractivity contribution in [2.24, 2.45) is 5.92 Å². The van der Waals surface area contributed by atoms with Crippen LogP contribution in [0.25, 0.3) is 22.2 Å². The molecule has 1 aliphatic carbocycles. The van der Waals surface area contributed by atoms with Crippen molar-refractivity contribution in [2.45, 2.75) is 50.4 Å². The highest BCUT2D eigenvalue weighted by Crippen LogP contribution is 2.40. The monoisotopic (exact) mass is 696 g/mol. The number of nitrogens with zero attached hydrogens (tertiary/aromatic N) is 5. The molecular weight excluding hydrogens is 657 g/mol. The largest absolute Gasteiger partial charge is 0.417 e. The van der Waals surface area contributed by atoms with Gasteiger partial charge in [0.2, 0.25) is 16.0 Å². The molecule has 1 unspecified atom stereocenters. The number of nitrogens with one attached hydrogen (secondary N) is 1. The average Bonchev–Trinajstić information content (AvgIpc) is 3.90. The lowest BCUT2D eigenvalue weighted by molar-refractivity contribution is -0.137. The number of morpholine rings is 1. The number of halogens is 3. The van der Waals surface area contributed by atoms with E-state index in [1.807, 2.05) is 24.3 Å². The Morgan fingerprint density at radius 1 is 0.959 bits per heavy atom. The van der Waals surface area contributed by atoms with Gasteiger partial charge in [-0.2, -0.15) is 18.2 Å². The summed E-state index contributed by atoms with van der Waals surface area (Å²) < 4.78 is 76.5. The van der Waals surface area contributed by atoms with Gasteiger partial charge in [-0.1, -0.05) is 24.3 Å². The van der Waals surface area contributed by atoms with Gasteiger partial charge in [0.1, 0.15) is 5.65 Å². The second-order valence-electron chi connectivity index (χ2n) is 13.5. The summed E-state index contributed by atoms with van der Waals surface area (Å²) in [5, 5.41) is 3.66. The zero-order valence-electron chi connectivity index (χ0n) is 27.4. The second kappa shape index (κ2) is 13.1. The number of hydrogen-bond donors (Lipinski definition) is 1. The van der Waals surface area contributed by atoms with Gasteiger partial charge in [-0.15, -0.1) is 0 Å². The lowest BCUT2D eigenvalue weighted by atomic mass is 9.87. The van der Waals surface area contributed by atoms with E-state index >= 15 is 0 Å². The number of hydrogen-bond acceptors (Lipinski definition) is 8. The number of fused-ring (bicyclic) bond motifs is 1. The highest BCUT2D eigenvalue weighted by Gasteiger charge is 2.36. The number of anilines is 2. The standard InChI is InChI=1S/C35H39F3N6O4S/c1-42-15-16-48-31(21-42)24-5-8-27(9-6-24)40-34-39-19-26-17-29(33(45)44(32(26)41-34)20-22-3-4-22)28-10-7-25(18-30(28)35(36,37)38)23-11-13-43(14-12-23)49(2,46)47/h5-10,17-19,22-23,31H,3-4,11-16,20-21H2,1-2H3,(H,39,40,41). The van der Waals surface area contributed by atoms with Crippen LogP contribution in [0.5, 0.6) is 0 Å². The number of benzene rings is 2. The SMILES string of the molecule is CN1CCOC(c2ccc(Nc3ncc4cc(-c5ccc(C6CCN(S(C)(=O)=O)CC6)cc5C(F)(F)F)c(=O)n(CC5CC5)c4n3)cc2)C1. The number of likely N-dealkylation sites (N-methyl/N-ethyl adjacent to an activating group) is 1. The second-order valence-corrected chi connectivity index (χ2v) is 15.5. The Labute approximate surface area is 283 Å². The molecule has 0 bridgehead atoms. The molecule has 1 N–H and O–H groups in total. The molecule has 260 valence electrons. The number of alkyl halides is 3. The van der Waals surface area contributed by atoms with Crippen LogP contribution in [-0.2, 0) is 27.5 Å². The first-order valence-electron chi connectivity index (χ1n) is 16.6. The van der Waals surface area contributed by atoms with Crippen molar-refractivity contribution in [3.63, 3.8) is 0 Å². The van der Waals surface area contributed by atoms with Gasteiger partial charge in [0, 0.05) is 55.6 Å². The summed E-state index contributed by atoms with van der Waals surface area (Å²) in [6.45, 7) is 3.23. The van der Waals surface area contributed by atoms with Crippen molar-refractivity contribution in [3.8, 4) is 11.1 Å². The first-order valence-corrected chi connectivity index (χ1v) is 18.4. The third-order valence-electron chi connectivity index (χ3n) is 9.81. The van der Waals surface area contributed by atoms with Crippen molar-refractivity contribution in [2.75, 3.05) is 51.4 Å². The van der Waals surface area contributed by atoms with Gasteiger partial charge in [-0.25, -0.2) is 17.7 Å². The van der Waals surface area contributed by atoms with E-state index in [9.17, 15) is 26.4 Å². The molecule has 14 heteroatoms. The highest BCUT2D eigenvalue weighted by atomic mass is 32.2. The van der Waals surface area contributed by atoms with Crippen molar-refractivity contribution in [1.29, 1.82) is 0 Å². The molecule has 0 radical (unpaired) electrons. The van der Waals surface area contributed by atoms with Gasteiger partial charge in [-0.05, 0) is 85.5 Å². The molecule has 49 heavy (non-hydrogen) atoms. The van der Waals surface area contributed by atoms with Crippen molar-refractivity contribution in [3.05, 3.63) is 81.8 Å². The fraction of sp³-hybridized carbons (Fsp3) is 0.457. The van der Waals surface area contributed by atoms with Gasteiger partial charge in [0.05, 0.1) is 24.5 Å². The van der Waals surface area contributed by atoms with Gasteiger partial charge < -0.3 is 15.0 Å². The Bertz CT molecular complexity index is 2020. The Balaban J connectivity index is 1.20. The zero-order chi connectivity index (χ0) is 34.5. The van der Waals surface area contributed by atoms with Crippen LogP contribution in [0.4, 0.5) is 24.8 Å². The normalized spacial score (nSPS) is 20.1. The predicted octanol–water partition coefficient (Wildman–Crippen LogP) is 5.77. The van der Waals surface area contributed by atoms with E-state index in [1.54, 1.807) is 6.07 Å². The molecule has 4 heterocycles. The number of aromatic nitrogens is 3. The minimum Gasteiger partial charge on any atom is -0.371 e. The minimum absolute atomic E-state index is 0.00927. The number of sulfonamides is 1. The van der Waals surface area contributed by atoms with Crippen LogP contribution in [0.15, 0.2) is 59.5 Å². The zero-order valence-corrected chi connectivity index (χ0v) is 28.2. The van der Waals surface area contributed by atoms with Gasteiger partial charge in [0.25, 0.3) is 5.56 Å². The molecule has 0 spiro atoms. The quantitative estimate of drug-likeness (QED) is 0.247. The third-order valence-corrected chi connectivity index (χ3v) is 11.1. The fourth-order valence-corrected chi connectivity index (χ4v) is 7.71. The molecule has 10 nitrogen and oxygen atoms in total. The van der Waals surface area contributed by atoms with Gasteiger partial charge in [-0.3, -0.25) is 9.36 Å². The van der Waals surface area contributed by atoms with Crippen LogP contribution in [0, 0.1) is 5.92 Å². The van der Waals surface area contributed by atoms with E-state index in [4.69, 9.17) is 4.74 Å². The van der Waals surface area contributed by atoms with Crippen LogP contribution in [-0.4, -0.2) is 78.2 Å². The molecule has 0 amide bonds. The van der Waals surface area contributed by atoms with E-state index in [0.717, 1.165) is 49.5 Å². The van der Waals surface area contributed by atoms with E-state index in [0.29, 0.717) is 42.6 Å². The van der Waals surface area contributed by atoms with Crippen LogP contribution in [0.3, 0.4) is 0 Å². The van der Waals surface area contributed by atoms with Gasteiger partial charge in [0.15, 0.2) is 0 Å². The Kier molecular flexibility index (Phi) is 9.01. The summed E-state index contributed by atoms with van der Waals surface area (Å²) in [4.78, 5) is 25.4. The van der Waals surface area contributed by atoms with E-state index in [2.05, 4.69) is 27.2 Å². The summed E-state index contributed by atoms with van der Waals surface area (Å²) in [6, 6.07) is 13.4. The number of piperidine rings is 1. The molecule has 7 rings (SSSR count). The molecule has 2 aliphatic heterocycles. The first kappa shape index (κ1) is 33.6. The van der Waals surface area contributed by atoms with E-state index in [1.165, 1.54) is 27.2 Å². The number of rotatable bonds is 8. The van der Waals surface area contributed by atoms with Gasteiger partial charge >= 0.3 is 6.18 Å². The molecule has 2 aromatic heterocycles. The van der Waals surface area contributed by atoms with Crippen molar-refractivity contribution < 1.29 is 26.3 Å². The maximum Gasteiger partial charge on any atom is 0.417 e. The molecule has 3 fully saturated rings. The van der Waals surface area contributed by atoms with Crippen molar-refractivity contribution >= 4 is 32.7 Å². The highest BCUT2D eigenvalue weighted by molar-refractivity contribution is 7.88. The first-order chi connectivity index (χ1) is 23.3. The van der Waals surface area contributed by atoms with Crippen LogP contribution in [0.2, 0.25) is 0 Å². The maximum absolute atomic E-state index is 14.6. The summed E-state index contributed by atoms with van der Waals surface area (Å²) in [5.74, 6) is 0.292. The number of ether oxygens (including phenoxy) is 1. The third kappa shape index (κ3) is 7.37. The summed E-state index contributed by atoms with van der Waals surface area (Å²) in [6.07, 6.45) is 0.635. The average molecular weight is 697 g/mol. The molecule has 1 saturated carbocycles. The maximum atomic E-state index is 14.6. The molecule has 4 aromatic rings. The Hall–Kier alpha value is -3.85.